The van der Waals surface area contributed by atoms with Crippen LogP contribution in [0.4, 0.5) is 20.2 Å². The van der Waals surface area contributed by atoms with E-state index in [9.17, 15) is 23.7 Å². The minimum Gasteiger partial charge on any atom is -0.316 e. The summed E-state index contributed by atoms with van der Waals surface area (Å²) in [5, 5.41) is 13.0. The Morgan fingerprint density at radius 3 is 2.57 bits per heavy atom. The van der Waals surface area contributed by atoms with Gasteiger partial charge in [-0.1, -0.05) is 11.6 Å². The summed E-state index contributed by atoms with van der Waals surface area (Å²) in [7, 11) is 0. The van der Waals surface area contributed by atoms with Crippen LogP contribution in [0.1, 0.15) is 15.9 Å². The van der Waals surface area contributed by atoms with E-state index >= 15 is 0 Å². The Labute approximate surface area is 118 Å². The molecule has 0 saturated heterocycles. The number of nitrogens with zero attached hydrogens (tertiary/aromatic N) is 1. The van der Waals surface area contributed by atoms with Crippen molar-refractivity contribution in [2.75, 3.05) is 5.32 Å². The monoisotopic (exact) mass is 292 g/mol. The van der Waals surface area contributed by atoms with Crippen molar-refractivity contribution in [2.45, 2.75) is 6.92 Å². The molecule has 0 saturated carbocycles. The molecule has 0 aromatic heterocycles. The minimum absolute atomic E-state index is 0.270. The zero-order valence-electron chi connectivity index (χ0n) is 10.9. The molecule has 0 heterocycles. The highest BCUT2D eigenvalue weighted by Gasteiger charge is 2.19. The van der Waals surface area contributed by atoms with Crippen molar-refractivity contribution in [3.8, 4) is 0 Å². The van der Waals surface area contributed by atoms with Gasteiger partial charge in [-0.05, 0) is 25.1 Å². The van der Waals surface area contributed by atoms with Crippen LogP contribution in [0.25, 0.3) is 0 Å². The van der Waals surface area contributed by atoms with E-state index in [0.717, 1.165) is 24.3 Å². The summed E-state index contributed by atoms with van der Waals surface area (Å²) in [6.07, 6.45) is 0. The molecule has 0 radical (unpaired) electrons. The Hall–Kier alpha value is -2.83. The van der Waals surface area contributed by atoms with Gasteiger partial charge in [0.2, 0.25) is 0 Å². The molecule has 5 nitrogen and oxygen atoms in total. The van der Waals surface area contributed by atoms with Crippen LogP contribution >= 0.6 is 0 Å². The summed E-state index contributed by atoms with van der Waals surface area (Å²) in [4.78, 5) is 22.0. The van der Waals surface area contributed by atoms with Crippen LogP contribution in [0, 0.1) is 28.7 Å². The molecule has 2 aromatic rings. The van der Waals surface area contributed by atoms with Gasteiger partial charge in [-0.3, -0.25) is 14.9 Å². The van der Waals surface area contributed by atoms with E-state index in [1.165, 1.54) is 12.1 Å². The molecule has 108 valence electrons. The van der Waals surface area contributed by atoms with Crippen molar-refractivity contribution in [3.63, 3.8) is 0 Å². The number of nitro groups is 1. The zero-order valence-corrected chi connectivity index (χ0v) is 10.9. The average Bonchev–Trinajstić information content (AvgIpc) is 2.41. The van der Waals surface area contributed by atoms with Crippen LogP contribution in [-0.4, -0.2) is 10.8 Å². The fourth-order valence-electron chi connectivity index (χ4n) is 1.77. The molecule has 1 N–H and O–H groups in total. The number of amides is 1. The second-order valence-corrected chi connectivity index (χ2v) is 4.36. The molecule has 1 amide bonds. The highest BCUT2D eigenvalue weighted by atomic mass is 19.1. The van der Waals surface area contributed by atoms with Gasteiger partial charge >= 0.3 is 0 Å². The average molecular weight is 292 g/mol. The van der Waals surface area contributed by atoms with E-state index in [4.69, 9.17) is 0 Å². The molecule has 0 unspecified atom stereocenters. The van der Waals surface area contributed by atoms with E-state index in [1.807, 2.05) is 0 Å². The number of anilines is 1. The van der Waals surface area contributed by atoms with Gasteiger partial charge < -0.3 is 5.32 Å². The number of halogens is 2. The largest absolute Gasteiger partial charge is 0.316 e. The Bertz CT molecular complexity index is 732. The number of rotatable bonds is 3. The maximum absolute atomic E-state index is 13.6. The van der Waals surface area contributed by atoms with Gasteiger partial charge in [-0.15, -0.1) is 0 Å². The molecule has 7 heteroatoms. The number of nitrogens with one attached hydrogen (secondary N) is 1. The van der Waals surface area contributed by atoms with Crippen molar-refractivity contribution in [3.05, 3.63) is 69.3 Å². The lowest BCUT2D eigenvalue weighted by Crippen LogP contribution is -2.15. The van der Waals surface area contributed by atoms with Crippen molar-refractivity contribution < 1.29 is 18.5 Å². The van der Waals surface area contributed by atoms with Crippen LogP contribution in [0.5, 0.6) is 0 Å². The third kappa shape index (κ3) is 3.19. The predicted octanol–water partition coefficient (Wildman–Crippen LogP) is 3.43. The lowest BCUT2D eigenvalue weighted by Gasteiger charge is -2.07. The maximum atomic E-state index is 13.6. The second kappa shape index (κ2) is 5.66. The summed E-state index contributed by atoms with van der Waals surface area (Å²) >= 11 is 0. The third-order valence-electron chi connectivity index (χ3n) is 2.77. The summed E-state index contributed by atoms with van der Waals surface area (Å²) in [6, 6.07) is 6.54. The zero-order chi connectivity index (χ0) is 15.6. The third-order valence-corrected chi connectivity index (χ3v) is 2.77. The standard InChI is InChI=1S/C14H10F2N2O3/c1-8-2-4-11(16)10(6-8)14(19)17-12-7-9(15)3-5-13(12)18(20)21/h2-7H,1H3,(H,17,19). The molecule has 2 rings (SSSR count). The second-order valence-electron chi connectivity index (χ2n) is 4.36. The van der Waals surface area contributed by atoms with E-state index in [-0.39, 0.29) is 11.3 Å². The predicted molar refractivity (Wildman–Crippen MR) is 72.1 cm³/mol. The highest BCUT2D eigenvalue weighted by Crippen LogP contribution is 2.25. The number of benzene rings is 2. The topological polar surface area (TPSA) is 72.2 Å². The number of nitro benzene ring substituents is 1. The molecule has 0 aliphatic heterocycles. The van der Waals surface area contributed by atoms with Crippen LogP contribution < -0.4 is 5.32 Å². The SMILES string of the molecule is Cc1ccc(F)c(C(=O)Nc2cc(F)ccc2[N+](=O)[O-])c1. The summed E-state index contributed by atoms with van der Waals surface area (Å²) in [6.45, 7) is 1.67. The van der Waals surface area contributed by atoms with Crippen molar-refractivity contribution in [1.29, 1.82) is 0 Å². The van der Waals surface area contributed by atoms with Crippen molar-refractivity contribution >= 4 is 17.3 Å². The lowest BCUT2D eigenvalue weighted by molar-refractivity contribution is -0.384. The molecule has 0 aliphatic rings. The Kier molecular flexibility index (Phi) is 3.93. The normalized spacial score (nSPS) is 10.2. The smallest absolute Gasteiger partial charge is 0.292 e. The van der Waals surface area contributed by atoms with Gasteiger partial charge in [0.15, 0.2) is 0 Å². The summed E-state index contributed by atoms with van der Waals surface area (Å²) < 4.78 is 26.8. The Morgan fingerprint density at radius 1 is 1.19 bits per heavy atom. The summed E-state index contributed by atoms with van der Waals surface area (Å²) in [5.41, 5.74) is -0.424. The van der Waals surface area contributed by atoms with Gasteiger partial charge in [0, 0.05) is 12.1 Å². The molecular formula is C14H10F2N2O3. The number of aryl methyl sites for hydroxylation is 1. The maximum Gasteiger partial charge on any atom is 0.292 e. The molecule has 0 fully saturated rings. The van der Waals surface area contributed by atoms with Crippen LogP contribution in [0.2, 0.25) is 0 Å². The first-order valence-electron chi connectivity index (χ1n) is 5.90. The lowest BCUT2D eigenvalue weighted by atomic mass is 10.1. The van der Waals surface area contributed by atoms with E-state index in [1.54, 1.807) is 6.92 Å². The molecule has 2 aromatic carbocycles. The van der Waals surface area contributed by atoms with Crippen LogP contribution in [0.15, 0.2) is 36.4 Å². The van der Waals surface area contributed by atoms with Crippen LogP contribution in [0.3, 0.4) is 0 Å². The number of carbonyl (C=O) groups is 1. The number of hydrogen-bond donors (Lipinski definition) is 1. The minimum atomic E-state index is -0.884. The first-order chi connectivity index (χ1) is 9.88. The molecule has 0 atom stereocenters. The molecular weight excluding hydrogens is 282 g/mol. The fourth-order valence-corrected chi connectivity index (χ4v) is 1.77. The quantitative estimate of drug-likeness (QED) is 0.695. The first-order valence-corrected chi connectivity index (χ1v) is 5.90. The molecule has 0 spiro atoms. The first kappa shape index (κ1) is 14.6. The van der Waals surface area contributed by atoms with Crippen LogP contribution in [-0.2, 0) is 0 Å². The number of hydrogen-bond acceptors (Lipinski definition) is 3. The highest BCUT2D eigenvalue weighted by molar-refractivity contribution is 6.05. The Balaban J connectivity index is 2.38. The number of carbonyl (C=O) groups excluding carboxylic acids is 1. The molecule has 0 aliphatic carbocycles. The van der Waals surface area contributed by atoms with Crippen molar-refractivity contribution in [1.82, 2.24) is 0 Å². The van der Waals surface area contributed by atoms with Gasteiger partial charge in [0.05, 0.1) is 10.5 Å². The van der Waals surface area contributed by atoms with E-state index in [0.29, 0.717) is 5.56 Å². The van der Waals surface area contributed by atoms with E-state index in [2.05, 4.69) is 5.32 Å². The van der Waals surface area contributed by atoms with Gasteiger partial charge in [0.1, 0.15) is 17.3 Å². The Morgan fingerprint density at radius 2 is 1.90 bits per heavy atom. The fraction of sp³-hybridized carbons (Fsp3) is 0.0714. The van der Waals surface area contributed by atoms with E-state index < -0.39 is 28.2 Å². The van der Waals surface area contributed by atoms with Gasteiger partial charge in [0.25, 0.3) is 11.6 Å². The van der Waals surface area contributed by atoms with Gasteiger partial charge in [-0.25, -0.2) is 8.78 Å². The molecule has 0 bridgehead atoms. The molecule has 21 heavy (non-hydrogen) atoms. The van der Waals surface area contributed by atoms with Crippen molar-refractivity contribution in [2.24, 2.45) is 0 Å². The van der Waals surface area contributed by atoms with Gasteiger partial charge in [-0.2, -0.15) is 0 Å². The summed E-state index contributed by atoms with van der Waals surface area (Å²) in [5.74, 6) is -2.40.